The maximum atomic E-state index is 11.9. The van der Waals surface area contributed by atoms with Crippen molar-refractivity contribution in [2.45, 2.75) is 0 Å². The van der Waals surface area contributed by atoms with Crippen LogP contribution in [-0.4, -0.2) is 13.1 Å². The number of anilines is 2. The molecule has 0 heterocycles. The van der Waals surface area contributed by atoms with Crippen LogP contribution in [0.2, 0.25) is 5.02 Å². The molecule has 106 valence electrons. The highest BCUT2D eigenvalue weighted by atomic mass is 35.5. The number of methoxy groups -OCH3 is 1. The molecule has 6 heteroatoms. The van der Waals surface area contributed by atoms with Crippen molar-refractivity contribution in [3.05, 3.63) is 53.1 Å². The highest BCUT2D eigenvalue weighted by Crippen LogP contribution is 2.25. The van der Waals surface area contributed by atoms with Gasteiger partial charge >= 0.3 is 6.03 Å². The van der Waals surface area contributed by atoms with Gasteiger partial charge in [-0.25, -0.2) is 4.79 Å². The topological polar surface area (TPSA) is 74.1 Å². The van der Waals surface area contributed by atoms with E-state index >= 15 is 0 Å². The Balaban J connectivity index is 2.09. The number of rotatable bonds is 3. The maximum absolute atomic E-state index is 11.9. The van der Waals surface area contributed by atoms with E-state index in [1.165, 1.54) is 7.11 Å². The summed E-state index contributed by atoms with van der Waals surface area (Å²) in [5.41, 5.74) is 1.54. The van der Waals surface area contributed by atoms with Gasteiger partial charge < -0.3 is 15.4 Å². The van der Waals surface area contributed by atoms with Crippen LogP contribution in [0.1, 0.15) is 5.56 Å². The van der Waals surface area contributed by atoms with Crippen LogP contribution in [0.5, 0.6) is 5.75 Å². The minimum atomic E-state index is -0.416. The second-order valence-corrected chi connectivity index (χ2v) is 4.55. The van der Waals surface area contributed by atoms with Crippen LogP contribution in [0.3, 0.4) is 0 Å². The number of urea groups is 1. The van der Waals surface area contributed by atoms with Gasteiger partial charge in [-0.3, -0.25) is 0 Å². The Morgan fingerprint density at radius 2 is 1.90 bits per heavy atom. The van der Waals surface area contributed by atoms with E-state index in [1.54, 1.807) is 42.5 Å². The summed E-state index contributed by atoms with van der Waals surface area (Å²) >= 11 is 5.77. The predicted octanol–water partition coefficient (Wildman–Crippen LogP) is 3.86. The van der Waals surface area contributed by atoms with Crippen molar-refractivity contribution in [3.63, 3.8) is 0 Å². The Bertz CT molecular complexity index is 693. The van der Waals surface area contributed by atoms with Crippen molar-refractivity contribution in [3.8, 4) is 11.8 Å². The number of amides is 2. The first kappa shape index (κ1) is 14.7. The third kappa shape index (κ3) is 3.88. The lowest BCUT2D eigenvalue weighted by atomic mass is 10.2. The van der Waals surface area contributed by atoms with Gasteiger partial charge in [0.25, 0.3) is 0 Å². The van der Waals surface area contributed by atoms with Gasteiger partial charge in [-0.1, -0.05) is 11.6 Å². The molecule has 0 saturated carbocycles. The summed E-state index contributed by atoms with van der Waals surface area (Å²) in [5.74, 6) is 0.417. The molecular formula is C15H12ClN3O2. The molecule has 0 aliphatic rings. The zero-order chi connectivity index (χ0) is 15.2. The van der Waals surface area contributed by atoms with Gasteiger partial charge in [-0.05, 0) is 36.4 Å². The number of nitriles is 1. The van der Waals surface area contributed by atoms with Crippen molar-refractivity contribution in [2.24, 2.45) is 0 Å². The Labute approximate surface area is 127 Å². The molecule has 0 aliphatic heterocycles. The fraction of sp³-hybridized carbons (Fsp3) is 0.0667. The van der Waals surface area contributed by atoms with Crippen LogP contribution in [0.4, 0.5) is 16.2 Å². The molecule has 0 radical (unpaired) electrons. The number of hydrogen-bond acceptors (Lipinski definition) is 3. The lowest BCUT2D eigenvalue weighted by Crippen LogP contribution is -2.19. The summed E-state index contributed by atoms with van der Waals surface area (Å²) in [4.78, 5) is 11.9. The molecule has 0 saturated heterocycles. The van der Waals surface area contributed by atoms with Crippen molar-refractivity contribution < 1.29 is 9.53 Å². The van der Waals surface area contributed by atoms with Crippen molar-refractivity contribution in [2.75, 3.05) is 17.7 Å². The third-order valence-electron chi connectivity index (χ3n) is 2.68. The number of nitrogens with zero attached hydrogens (tertiary/aromatic N) is 1. The number of ether oxygens (including phenoxy) is 1. The minimum Gasteiger partial charge on any atom is -0.495 e. The Morgan fingerprint density at radius 3 is 2.52 bits per heavy atom. The highest BCUT2D eigenvalue weighted by Gasteiger charge is 2.08. The quantitative estimate of drug-likeness (QED) is 0.904. The molecule has 0 spiro atoms. The summed E-state index contributed by atoms with van der Waals surface area (Å²) < 4.78 is 5.14. The van der Waals surface area contributed by atoms with Gasteiger partial charge in [0.15, 0.2) is 0 Å². The van der Waals surface area contributed by atoms with Crippen LogP contribution in [0, 0.1) is 11.3 Å². The third-order valence-corrected chi connectivity index (χ3v) is 2.93. The van der Waals surface area contributed by atoms with Crippen molar-refractivity contribution in [1.29, 1.82) is 5.26 Å². The minimum absolute atomic E-state index is 0.416. The molecule has 0 unspecified atom stereocenters. The fourth-order valence-corrected chi connectivity index (χ4v) is 1.81. The Kier molecular flexibility index (Phi) is 4.64. The molecule has 5 nitrogen and oxygen atoms in total. The molecule has 0 bridgehead atoms. The van der Waals surface area contributed by atoms with Gasteiger partial charge in [0.2, 0.25) is 0 Å². The normalized spacial score (nSPS) is 9.57. The zero-order valence-electron chi connectivity index (χ0n) is 11.2. The van der Waals surface area contributed by atoms with Crippen molar-refractivity contribution in [1.82, 2.24) is 0 Å². The average Bonchev–Trinajstić information content (AvgIpc) is 2.50. The SMILES string of the molecule is COc1cc(C#N)ccc1NC(=O)Nc1ccc(Cl)cc1. The molecule has 0 aromatic heterocycles. The van der Waals surface area contributed by atoms with E-state index in [4.69, 9.17) is 21.6 Å². The van der Waals surface area contributed by atoms with E-state index in [9.17, 15) is 4.79 Å². The fourth-order valence-electron chi connectivity index (χ4n) is 1.68. The molecule has 0 fully saturated rings. The monoisotopic (exact) mass is 301 g/mol. The van der Waals surface area contributed by atoms with Crippen LogP contribution >= 0.6 is 11.6 Å². The summed E-state index contributed by atoms with van der Waals surface area (Å²) in [7, 11) is 1.47. The molecule has 21 heavy (non-hydrogen) atoms. The van der Waals surface area contributed by atoms with E-state index in [0.717, 1.165) is 0 Å². The Hall–Kier alpha value is -2.71. The first-order valence-electron chi connectivity index (χ1n) is 6.04. The average molecular weight is 302 g/mol. The first-order chi connectivity index (χ1) is 10.1. The van der Waals surface area contributed by atoms with E-state index in [2.05, 4.69) is 10.6 Å². The van der Waals surface area contributed by atoms with Crippen LogP contribution in [0.15, 0.2) is 42.5 Å². The number of benzene rings is 2. The van der Waals surface area contributed by atoms with Gasteiger partial charge in [0.05, 0.1) is 24.4 Å². The van der Waals surface area contributed by atoms with Gasteiger partial charge in [0.1, 0.15) is 5.75 Å². The summed E-state index contributed by atoms with van der Waals surface area (Å²) in [6.45, 7) is 0. The lowest BCUT2D eigenvalue weighted by molar-refractivity contribution is 0.262. The van der Waals surface area contributed by atoms with Crippen LogP contribution in [0.25, 0.3) is 0 Å². The summed E-state index contributed by atoms with van der Waals surface area (Å²) in [6.07, 6.45) is 0. The second-order valence-electron chi connectivity index (χ2n) is 4.11. The molecule has 2 amide bonds. The molecule has 2 rings (SSSR count). The largest absolute Gasteiger partial charge is 0.495 e. The summed E-state index contributed by atoms with van der Waals surface area (Å²) in [6, 6.07) is 13.1. The molecule has 2 aromatic carbocycles. The predicted molar refractivity (Wildman–Crippen MR) is 81.8 cm³/mol. The second kappa shape index (κ2) is 6.64. The molecular weight excluding hydrogens is 290 g/mol. The first-order valence-corrected chi connectivity index (χ1v) is 6.42. The number of halogens is 1. The molecule has 2 aromatic rings. The smallest absolute Gasteiger partial charge is 0.323 e. The number of carbonyl (C=O) groups excluding carboxylic acids is 1. The van der Waals surface area contributed by atoms with Gasteiger partial charge in [0, 0.05) is 16.8 Å². The van der Waals surface area contributed by atoms with E-state index in [0.29, 0.717) is 27.7 Å². The van der Waals surface area contributed by atoms with E-state index < -0.39 is 6.03 Å². The van der Waals surface area contributed by atoms with Crippen molar-refractivity contribution >= 4 is 29.0 Å². The number of carbonyl (C=O) groups is 1. The van der Waals surface area contributed by atoms with Gasteiger partial charge in [-0.15, -0.1) is 0 Å². The molecule has 2 N–H and O–H groups in total. The molecule has 0 aliphatic carbocycles. The van der Waals surface area contributed by atoms with E-state index in [-0.39, 0.29) is 0 Å². The Morgan fingerprint density at radius 1 is 1.19 bits per heavy atom. The molecule has 0 atom stereocenters. The van der Waals surface area contributed by atoms with E-state index in [1.807, 2.05) is 6.07 Å². The number of hydrogen-bond donors (Lipinski definition) is 2. The van der Waals surface area contributed by atoms with Crippen LogP contribution in [-0.2, 0) is 0 Å². The number of nitrogens with one attached hydrogen (secondary N) is 2. The maximum Gasteiger partial charge on any atom is 0.323 e. The van der Waals surface area contributed by atoms with Crippen LogP contribution < -0.4 is 15.4 Å². The summed E-state index contributed by atoms with van der Waals surface area (Å²) in [5, 5.41) is 14.8. The highest BCUT2D eigenvalue weighted by molar-refractivity contribution is 6.30. The standard InChI is InChI=1S/C15H12ClN3O2/c1-21-14-8-10(9-17)2-7-13(14)19-15(20)18-12-5-3-11(16)4-6-12/h2-8H,1H3,(H2,18,19,20). The zero-order valence-corrected chi connectivity index (χ0v) is 11.9. The lowest BCUT2D eigenvalue weighted by Gasteiger charge is -2.11. The van der Waals surface area contributed by atoms with Gasteiger partial charge in [-0.2, -0.15) is 5.26 Å².